The fraction of sp³-hybridized carbons (Fsp3) is 0.227. The van der Waals surface area contributed by atoms with Crippen molar-refractivity contribution in [2.75, 3.05) is 18.6 Å². The minimum absolute atomic E-state index is 0.0646. The summed E-state index contributed by atoms with van der Waals surface area (Å²) in [6.07, 6.45) is 0. The number of nitrogens with zero attached hydrogens (tertiary/aromatic N) is 1. The van der Waals surface area contributed by atoms with Gasteiger partial charge in [0.15, 0.2) is 0 Å². The van der Waals surface area contributed by atoms with Gasteiger partial charge in [-0.25, -0.2) is 9.59 Å². The van der Waals surface area contributed by atoms with Crippen molar-refractivity contribution in [3.05, 3.63) is 77.9 Å². The highest BCUT2D eigenvalue weighted by molar-refractivity contribution is 6.07. The van der Waals surface area contributed by atoms with Crippen LogP contribution in [0.25, 0.3) is 0 Å². The highest BCUT2D eigenvalue weighted by Crippen LogP contribution is 2.50. The largest absolute Gasteiger partial charge is 0.479 e. The van der Waals surface area contributed by atoms with Crippen LogP contribution in [-0.4, -0.2) is 42.2 Å². The van der Waals surface area contributed by atoms with Crippen LogP contribution in [-0.2, 0) is 41.0 Å². The Balaban J connectivity index is 1.62. The average molecular weight is 409 g/mol. The summed E-state index contributed by atoms with van der Waals surface area (Å²) in [5.74, 6) is -5.00. The molecular weight excluding hydrogens is 390 g/mol. The number of rotatable bonds is 5. The number of anilines is 1. The van der Waals surface area contributed by atoms with Crippen LogP contribution in [0, 0.1) is 0 Å². The van der Waals surface area contributed by atoms with Gasteiger partial charge in [-0.1, -0.05) is 55.1 Å². The number of aliphatic carboxylic acids is 1. The van der Waals surface area contributed by atoms with Crippen molar-refractivity contribution in [3.63, 3.8) is 0 Å². The lowest BCUT2D eigenvalue weighted by atomic mass is 9.95. The Morgan fingerprint density at radius 3 is 2.53 bits per heavy atom. The van der Waals surface area contributed by atoms with Crippen LogP contribution >= 0.6 is 0 Å². The standard InChI is InChI=1S/C22H19NO7/c1-14(18(24)28-12-15-8-4-3-5-9-15)21(20(26)27)13-29-22(30-21)16-10-6-7-11-17(16)23(2)19(22)25/h3-11H,1,12-13H2,2H3,(H,26,27)/t21-,22-/m0/s1. The van der Waals surface area contributed by atoms with Gasteiger partial charge in [0.25, 0.3) is 11.7 Å². The Labute approximate surface area is 172 Å². The minimum atomic E-state index is -2.26. The molecule has 2 aliphatic rings. The van der Waals surface area contributed by atoms with E-state index in [4.69, 9.17) is 14.2 Å². The van der Waals surface area contributed by atoms with Gasteiger partial charge in [-0.05, 0) is 11.6 Å². The number of fused-ring (bicyclic) bond motifs is 2. The maximum atomic E-state index is 12.9. The number of ether oxygens (including phenoxy) is 3. The van der Waals surface area contributed by atoms with Crippen LogP contribution in [0.3, 0.4) is 0 Å². The molecule has 0 aliphatic carbocycles. The van der Waals surface area contributed by atoms with E-state index < -0.39 is 41.4 Å². The Kier molecular flexibility index (Phi) is 4.68. The molecule has 2 heterocycles. The minimum Gasteiger partial charge on any atom is -0.479 e. The van der Waals surface area contributed by atoms with Gasteiger partial charge in [-0.15, -0.1) is 0 Å². The summed E-state index contributed by atoms with van der Waals surface area (Å²) in [5.41, 5.74) is -1.10. The van der Waals surface area contributed by atoms with Crippen molar-refractivity contribution in [2.45, 2.75) is 18.0 Å². The molecule has 30 heavy (non-hydrogen) atoms. The fourth-order valence-corrected chi connectivity index (χ4v) is 3.59. The second-order valence-electron chi connectivity index (χ2n) is 7.06. The molecule has 1 amide bonds. The zero-order valence-electron chi connectivity index (χ0n) is 16.2. The summed E-state index contributed by atoms with van der Waals surface area (Å²) in [4.78, 5) is 39.0. The molecule has 1 fully saturated rings. The zero-order chi connectivity index (χ0) is 21.5. The highest BCUT2D eigenvalue weighted by Gasteiger charge is 2.66. The molecule has 8 heteroatoms. The summed E-state index contributed by atoms with van der Waals surface area (Å²) in [7, 11) is 1.53. The SMILES string of the molecule is C=C(C(=O)OCc1ccccc1)[C@]1(C(=O)O)CO[C@@]2(O1)C(=O)N(C)c1ccccc12. The number of carbonyl (C=O) groups is 3. The second-order valence-corrected chi connectivity index (χ2v) is 7.06. The highest BCUT2D eigenvalue weighted by atomic mass is 16.8. The predicted octanol–water partition coefficient (Wildman–Crippen LogP) is 1.99. The van der Waals surface area contributed by atoms with Gasteiger partial charge in [-0.2, -0.15) is 0 Å². The molecule has 2 aliphatic heterocycles. The van der Waals surface area contributed by atoms with E-state index in [2.05, 4.69) is 6.58 Å². The topological polar surface area (TPSA) is 102 Å². The molecule has 1 spiro atoms. The lowest BCUT2D eigenvalue weighted by Gasteiger charge is -2.27. The van der Waals surface area contributed by atoms with Gasteiger partial charge in [-0.3, -0.25) is 4.79 Å². The molecule has 0 unspecified atom stereocenters. The summed E-state index contributed by atoms with van der Waals surface area (Å²) in [6, 6.07) is 15.6. The van der Waals surface area contributed by atoms with E-state index in [-0.39, 0.29) is 6.61 Å². The van der Waals surface area contributed by atoms with Gasteiger partial charge in [0, 0.05) is 12.6 Å². The molecule has 0 bridgehead atoms. The zero-order valence-corrected chi connectivity index (χ0v) is 16.2. The maximum Gasteiger partial charge on any atom is 0.343 e. The van der Waals surface area contributed by atoms with E-state index in [1.165, 1.54) is 11.9 Å². The second kappa shape index (κ2) is 7.08. The predicted molar refractivity (Wildman–Crippen MR) is 104 cm³/mol. The van der Waals surface area contributed by atoms with Crippen LogP contribution < -0.4 is 4.90 Å². The van der Waals surface area contributed by atoms with Gasteiger partial charge in [0.1, 0.15) is 6.61 Å². The molecule has 1 saturated heterocycles. The van der Waals surface area contributed by atoms with Crippen molar-refractivity contribution < 1.29 is 33.7 Å². The number of benzene rings is 2. The van der Waals surface area contributed by atoms with E-state index in [1.807, 2.05) is 6.07 Å². The number of para-hydroxylation sites is 1. The van der Waals surface area contributed by atoms with E-state index in [9.17, 15) is 19.5 Å². The first kappa shape index (κ1) is 19.8. The molecule has 0 saturated carbocycles. The summed E-state index contributed by atoms with van der Waals surface area (Å²) in [6.45, 7) is 2.97. The number of carboxylic acids is 1. The fourth-order valence-electron chi connectivity index (χ4n) is 3.59. The number of esters is 1. The summed E-state index contributed by atoms with van der Waals surface area (Å²) in [5, 5.41) is 9.91. The van der Waals surface area contributed by atoms with Gasteiger partial charge >= 0.3 is 11.9 Å². The van der Waals surface area contributed by atoms with Crippen molar-refractivity contribution in [3.8, 4) is 0 Å². The number of amides is 1. The third-order valence-corrected chi connectivity index (χ3v) is 5.29. The van der Waals surface area contributed by atoms with Crippen LogP contribution in [0.15, 0.2) is 66.7 Å². The maximum absolute atomic E-state index is 12.9. The Morgan fingerprint density at radius 2 is 1.83 bits per heavy atom. The van der Waals surface area contributed by atoms with Crippen LogP contribution in [0.1, 0.15) is 11.1 Å². The lowest BCUT2D eigenvalue weighted by Crippen LogP contribution is -2.49. The summed E-state index contributed by atoms with van der Waals surface area (Å²) >= 11 is 0. The van der Waals surface area contributed by atoms with Crippen LogP contribution in [0.4, 0.5) is 5.69 Å². The molecule has 0 radical (unpaired) electrons. The number of carbonyl (C=O) groups excluding carboxylic acids is 2. The van der Waals surface area contributed by atoms with E-state index >= 15 is 0 Å². The van der Waals surface area contributed by atoms with Crippen molar-refractivity contribution in [1.29, 1.82) is 0 Å². The molecule has 154 valence electrons. The molecule has 8 nitrogen and oxygen atoms in total. The number of hydrogen-bond acceptors (Lipinski definition) is 6. The Morgan fingerprint density at radius 1 is 1.17 bits per heavy atom. The van der Waals surface area contributed by atoms with Crippen molar-refractivity contribution >= 4 is 23.5 Å². The number of carboxylic acid groups (broad SMARTS) is 1. The van der Waals surface area contributed by atoms with Crippen molar-refractivity contribution in [1.82, 2.24) is 0 Å². The molecule has 1 N–H and O–H groups in total. The molecule has 4 rings (SSSR count). The van der Waals surface area contributed by atoms with Crippen LogP contribution in [0.5, 0.6) is 0 Å². The van der Waals surface area contributed by atoms with E-state index in [0.29, 0.717) is 11.3 Å². The first-order valence-electron chi connectivity index (χ1n) is 9.17. The molecule has 2 aromatic rings. The van der Waals surface area contributed by atoms with Gasteiger partial charge in [0.2, 0.25) is 5.60 Å². The third-order valence-electron chi connectivity index (χ3n) is 5.29. The molecule has 2 aromatic carbocycles. The van der Waals surface area contributed by atoms with E-state index in [1.54, 1.807) is 48.5 Å². The van der Waals surface area contributed by atoms with Gasteiger partial charge < -0.3 is 24.2 Å². The average Bonchev–Trinajstić information content (AvgIpc) is 3.27. The normalized spacial score (nSPS) is 24.7. The monoisotopic (exact) mass is 409 g/mol. The quantitative estimate of drug-likeness (QED) is 0.595. The molecule has 2 atom stereocenters. The Bertz CT molecular complexity index is 1050. The van der Waals surface area contributed by atoms with Crippen LogP contribution in [0.2, 0.25) is 0 Å². The first-order valence-corrected chi connectivity index (χ1v) is 9.17. The molecular formula is C22H19NO7. The smallest absolute Gasteiger partial charge is 0.343 e. The summed E-state index contributed by atoms with van der Waals surface area (Å²) < 4.78 is 16.7. The van der Waals surface area contributed by atoms with Crippen molar-refractivity contribution in [2.24, 2.45) is 0 Å². The van der Waals surface area contributed by atoms with E-state index in [0.717, 1.165) is 5.56 Å². The number of hydrogen-bond donors (Lipinski definition) is 1. The lowest BCUT2D eigenvalue weighted by molar-refractivity contribution is -0.200. The number of likely N-dealkylation sites (N-methyl/N-ethyl adjacent to an activating group) is 1. The van der Waals surface area contributed by atoms with Gasteiger partial charge in [0.05, 0.1) is 17.9 Å². The molecule has 0 aromatic heterocycles. The third kappa shape index (κ3) is 2.80. The Hall–Kier alpha value is -3.49. The first-order chi connectivity index (χ1) is 14.3.